The van der Waals surface area contributed by atoms with E-state index in [9.17, 15) is 10.4 Å². The quantitative estimate of drug-likeness (QED) is 0.223. The molecular weight excluding hydrogens is 165 g/mol. The van der Waals surface area contributed by atoms with Crippen LogP contribution in [0.4, 0.5) is 0 Å². The fourth-order valence-corrected chi connectivity index (χ4v) is 0.774. The van der Waals surface area contributed by atoms with E-state index in [1.54, 1.807) is 12.1 Å². The first kappa shape index (κ1) is 11.5. The van der Waals surface area contributed by atoms with Gasteiger partial charge < -0.3 is 10.4 Å². The molecular formula is C8H8NNaO2. The second kappa shape index (κ2) is 5.19. The van der Waals surface area contributed by atoms with Crippen LogP contribution in [0.25, 0.3) is 0 Å². The van der Waals surface area contributed by atoms with E-state index >= 15 is 0 Å². The van der Waals surface area contributed by atoms with Gasteiger partial charge in [-0.25, -0.2) is 0 Å². The van der Waals surface area contributed by atoms with Crippen molar-refractivity contribution >= 4 is 6.21 Å². The summed E-state index contributed by atoms with van der Waals surface area (Å²) < 4.78 is 0. The van der Waals surface area contributed by atoms with Gasteiger partial charge in [0.15, 0.2) is 6.21 Å². The molecule has 0 spiro atoms. The van der Waals surface area contributed by atoms with Gasteiger partial charge in [0.1, 0.15) is 0 Å². The summed E-state index contributed by atoms with van der Waals surface area (Å²) in [7, 11) is 0. The van der Waals surface area contributed by atoms with Gasteiger partial charge in [0.05, 0.1) is 0 Å². The Morgan fingerprint density at radius 1 is 1.17 bits per heavy atom. The Kier molecular flexibility index (Phi) is 4.97. The number of benzene rings is 1. The SMILES string of the molecule is Cc1ccc(C=[N+]([O-])[O-])cc1.[Na+]. The molecule has 0 N–H and O–H groups in total. The van der Waals surface area contributed by atoms with Gasteiger partial charge in [-0.3, -0.25) is 0 Å². The fourth-order valence-electron chi connectivity index (χ4n) is 0.774. The third kappa shape index (κ3) is 3.76. The van der Waals surface area contributed by atoms with Crippen LogP contribution in [0.1, 0.15) is 11.1 Å². The first-order chi connectivity index (χ1) is 5.18. The number of hydrogen-bond acceptors (Lipinski definition) is 2. The van der Waals surface area contributed by atoms with Crippen molar-refractivity contribution in [2.45, 2.75) is 6.92 Å². The number of rotatable bonds is 1. The standard InChI is InChI=1S/C8H8NO2.Na/c1-7-2-4-8(5-3-7)6-9(10)11;/h2-6H,1H3;/q-1;+1. The molecule has 1 rings (SSSR count). The van der Waals surface area contributed by atoms with Crippen molar-refractivity contribution in [3.05, 3.63) is 45.8 Å². The Hall–Kier alpha value is -0.510. The van der Waals surface area contributed by atoms with Crippen LogP contribution in [0, 0.1) is 17.3 Å². The normalized spacial score (nSPS) is 8.42. The van der Waals surface area contributed by atoms with Gasteiger partial charge in [-0.1, -0.05) is 17.7 Å². The average molecular weight is 173 g/mol. The first-order valence-electron chi connectivity index (χ1n) is 3.23. The van der Waals surface area contributed by atoms with Crippen molar-refractivity contribution in [1.82, 2.24) is 0 Å². The van der Waals surface area contributed by atoms with Gasteiger partial charge in [-0.05, 0) is 19.1 Å². The molecule has 0 aliphatic carbocycles. The van der Waals surface area contributed by atoms with Crippen molar-refractivity contribution < 1.29 is 34.5 Å². The largest absolute Gasteiger partial charge is 1.00 e. The van der Waals surface area contributed by atoms with E-state index in [-0.39, 0.29) is 29.6 Å². The Morgan fingerprint density at radius 3 is 2.08 bits per heavy atom. The summed E-state index contributed by atoms with van der Waals surface area (Å²) in [6.07, 6.45) is 0.986. The second-order valence-corrected chi connectivity index (χ2v) is 2.33. The van der Waals surface area contributed by atoms with E-state index in [0.29, 0.717) is 5.56 Å². The van der Waals surface area contributed by atoms with E-state index in [1.807, 2.05) is 19.1 Å². The molecule has 58 valence electrons. The molecule has 1 aromatic rings. The fraction of sp³-hybridized carbons (Fsp3) is 0.125. The third-order valence-electron chi connectivity index (χ3n) is 1.33. The zero-order chi connectivity index (χ0) is 8.27. The molecule has 0 saturated carbocycles. The van der Waals surface area contributed by atoms with Gasteiger partial charge >= 0.3 is 29.6 Å². The number of nitrogens with zero attached hydrogens (tertiary/aromatic N) is 1. The minimum Gasteiger partial charge on any atom is -0.612 e. The molecule has 0 aliphatic rings. The van der Waals surface area contributed by atoms with E-state index in [1.165, 1.54) is 0 Å². The maximum absolute atomic E-state index is 10.0. The van der Waals surface area contributed by atoms with E-state index in [0.717, 1.165) is 11.8 Å². The van der Waals surface area contributed by atoms with Gasteiger partial charge in [0.2, 0.25) is 0 Å². The molecule has 0 fully saturated rings. The molecule has 0 heterocycles. The summed E-state index contributed by atoms with van der Waals surface area (Å²) in [5.41, 5.74) is 1.73. The van der Waals surface area contributed by atoms with Crippen LogP contribution in [0.2, 0.25) is 0 Å². The van der Waals surface area contributed by atoms with Crippen LogP contribution in [0.15, 0.2) is 24.3 Å². The van der Waals surface area contributed by atoms with Crippen molar-refractivity contribution in [3.8, 4) is 0 Å². The van der Waals surface area contributed by atoms with Crippen molar-refractivity contribution in [2.75, 3.05) is 0 Å². The molecule has 0 saturated heterocycles. The predicted octanol–water partition coefficient (Wildman–Crippen LogP) is -1.57. The van der Waals surface area contributed by atoms with Gasteiger partial charge in [0.25, 0.3) is 0 Å². The topological polar surface area (TPSA) is 49.1 Å². The zero-order valence-corrected chi connectivity index (χ0v) is 9.15. The predicted molar refractivity (Wildman–Crippen MR) is 43.3 cm³/mol. The molecule has 0 bridgehead atoms. The van der Waals surface area contributed by atoms with Crippen LogP contribution in [-0.4, -0.2) is 11.1 Å². The molecule has 3 nitrogen and oxygen atoms in total. The van der Waals surface area contributed by atoms with Crippen LogP contribution >= 0.6 is 0 Å². The summed E-state index contributed by atoms with van der Waals surface area (Å²) in [6, 6.07) is 7.13. The third-order valence-corrected chi connectivity index (χ3v) is 1.33. The Morgan fingerprint density at radius 2 is 1.67 bits per heavy atom. The summed E-state index contributed by atoms with van der Waals surface area (Å²) in [5.74, 6) is 0. The molecule has 0 aromatic heterocycles. The van der Waals surface area contributed by atoms with E-state index < -0.39 is 4.90 Å². The summed E-state index contributed by atoms with van der Waals surface area (Å²) >= 11 is 0. The van der Waals surface area contributed by atoms with Crippen molar-refractivity contribution in [3.63, 3.8) is 0 Å². The van der Waals surface area contributed by atoms with Crippen LogP contribution in [0.5, 0.6) is 0 Å². The minimum atomic E-state index is -0.454. The minimum absolute atomic E-state index is 0. The van der Waals surface area contributed by atoms with Crippen LogP contribution in [-0.2, 0) is 0 Å². The summed E-state index contributed by atoms with van der Waals surface area (Å²) in [4.78, 5) is -0.454. The van der Waals surface area contributed by atoms with Crippen LogP contribution < -0.4 is 29.6 Å². The summed E-state index contributed by atoms with van der Waals surface area (Å²) in [6.45, 7) is 1.94. The second-order valence-electron chi connectivity index (χ2n) is 2.33. The molecule has 0 atom stereocenters. The maximum atomic E-state index is 10.0. The molecule has 4 heteroatoms. The van der Waals surface area contributed by atoms with Gasteiger partial charge in [-0.15, -0.1) is 0 Å². The molecule has 0 radical (unpaired) electrons. The smallest absolute Gasteiger partial charge is 0.612 e. The van der Waals surface area contributed by atoms with Crippen molar-refractivity contribution in [2.24, 2.45) is 0 Å². The van der Waals surface area contributed by atoms with Gasteiger partial charge in [0, 0.05) is 5.56 Å². The molecule has 0 aliphatic heterocycles. The molecule has 0 unspecified atom stereocenters. The van der Waals surface area contributed by atoms with Gasteiger partial charge in [-0.2, -0.15) is 4.90 Å². The monoisotopic (exact) mass is 173 g/mol. The Balaban J connectivity index is 0.00000121. The summed E-state index contributed by atoms with van der Waals surface area (Å²) in [5, 5.41) is 20.0. The van der Waals surface area contributed by atoms with E-state index in [4.69, 9.17) is 0 Å². The number of aryl methyl sites for hydroxylation is 1. The Bertz CT molecular complexity index is 265. The number of hydrogen-bond donors (Lipinski definition) is 0. The molecule has 0 amide bonds. The first-order valence-corrected chi connectivity index (χ1v) is 3.23. The Labute approximate surface area is 93.2 Å². The zero-order valence-electron chi connectivity index (χ0n) is 7.15. The maximum Gasteiger partial charge on any atom is 1.00 e. The average Bonchev–Trinajstić information content (AvgIpc) is 1.93. The van der Waals surface area contributed by atoms with Crippen LogP contribution in [0.3, 0.4) is 0 Å². The molecule has 12 heavy (non-hydrogen) atoms. The molecule has 1 aromatic carbocycles. The van der Waals surface area contributed by atoms with Crippen molar-refractivity contribution in [1.29, 1.82) is 0 Å². The van der Waals surface area contributed by atoms with E-state index in [2.05, 4.69) is 0 Å².